The summed E-state index contributed by atoms with van der Waals surface area (Å²) in [6.07, 6.45) is 1.85. The van der Waals surface area contributed by atoms with Crippen molar-refractivity contribution in [3.8, 4) is 11.4 Å². The number of nitrogens with one attached hydrogen (secondary N) is 1. The largest absolute Gasteiger partial charge is 0.367 e. The van der Waals surface area contributed by atoms with Crippen LogP contribution in [0, 0.1) is 0 Å². The topological polar surface area (TPSA) is 73.3 Å². The Kier molecular flexibility index (Phi) is 6.02. The Morgan fingerprint density at radius 3 is 2.52 bits per heavy atom. The molecule has 2 aromatic heterocycles. The molecule has 170 valence electrons. The van der Waals surface area contributed by atoms with Gasteiger partial charge in [0.1, 0.15) is 5.82 Å². The van der Waals surface area contributed by atoms with Crippen LogP contribution in [-0.2, 0) is 0 Å². The monoisotopic (exact) mass is 442 g/mol. The predicted molar refractivity (Wildman–Crippen MR) is 135 cm³/mol. The molecule has 3 heterocycles. The van der Waals surface area contributed by atoms with Crippen LogP contribution >= 0.6 is 0 Å². The Balaban J connectivity index is 1.56. The van der Waals surface area contributed by atoms with E-state index in [1.165, 1.54) is 5.39 Å². The highest BCUT2D eigenvalue weighted by Gasteiger charge is 2.18. The van der Waals surface area contributed by atoms with Crippen LogP contribution in [0.15, 0.2) is 48.7 Å². The molecule has 0 amide bonds. The van der Waals surface area contributed by atoms with Crippen molar-refractivity contribution < 1.29 is 0 Å². The lowest BCUT2D eigenvalue weighted by Crippen LogP contribution is -2.44. The van der Waals surface area contributed by atoms with Crippen molar-refractivity contribution in [1.29, 1.82) is 0 Å². The number of likely N-dealkylation sites (N-methyl/N-ethyl adjacent to an activating group) is 2. The molecule has 1 N–H and O–H groups in total. The van der Waals surface area contributed by atoms with Crippen LogP contribution in [0.4, 0.5) is 11.6 Å². The summed E-state index contributed by atoms with van der Waals surface area (Å²) in [5, 5.41) is 5.82. The standard InChI is InChI=1S/C25H30N8/c1-31(2)11-10-26-24-22-25(28-21(17-27-22)33-14-12-32(3)13-15-33)30-23(29-24)20-9-8-18-6-4-5-7-19(18)16-20/h4-9,16-17H,10-15H2,1-3H3,(H,26,28,29,30). The van der Waals surface area contributed by atoms with Crippen molar-refractivity contribution in [3.63, 3.8) is 0 Å². The van der Waals surface area contributed by atoms with Crippen molar-refractivity contribution in [1.82, 2.24) is 29.7 Å². The Morgan fingerprint density at radius 2 is 1.73 bits per heavy atom. The van der Waals surface area contributed by atoms with Gasteiger partial charge in [0.05, 0.1) is 6.20 Å². The quantitative estimate of drug-likeness (QED) is 0.489. The van der Waals surface area contributed by atoms with Crippen molar-refractivity contribution in [2.75, 3.05) is 70.6 Å². The van der Waals surface area contributed by atoms with Gasteiger partial charge in [-0.3, -0.25) is 0 Å². The highest BCUT2D eigenvalue weighted by molar-refractivity contribution is 5.89. The average molecular weight is 443 g/mol. The van der Waals surface area contributed by atoms with E-state index in [4.69, 9.17) is 19.9 Å². The number of nitrogens with zero attached hydrogens (tertiary/aromatic N) is 7. The molecule has 33 heavy (non-hydrogen) atoms. The normalized spacial score (nSPS) is 15.0. The first-order chi connectivity index (χ1) is 16.1. The number of benzene rings is 2. The second-order valence-corrected chi connectivity index (χ2v) is 8.88. The molecule has 0 unspecified atom stereocenters. The summed E-state index contributed by atoms with van der Waals surface area (Å²) in [4.78, 5) is 26.1. The maximum absolute atomic E-state index is 4.92. The second-order valence-electron chi connectivity index (χ2n) is 8.88. The van der Waals surface area contributed by atoms with Gasteiger partial charge in [0, 0.05) is 44.8 Å². The third-order valence-electron chi connectivity index (χ3n) is 6.08. The molecule has 0 radical (unpaired) electrons. The van der Waals surface area contributed by atoms with Crippen molar-refractivity contribution in [2.45, 2.75) is 0 Å². The van der Waals surface area contributed by atoms with E-state index in [1.807, 2.05) is 6.20 Å². The van der Waals surface area contributed by atoms with E-state index in [0.29, 0.717) is 17.0 Å². The molecule has 1 fully saturated rings. The molecule has 0 bridgehead atoms. The molecular weight excluding hydrogens is 412 g/mol. The van der Waals surface area contributed by atoms with Gasteiger partial charge in [-0.05, 0) is 38.0 Å². The third kappa shape index (κ3) is 4.72. The number of aromatic nitrogens is 4. The maximum Gasteiger partial charge on any atom is 0.186 e. The molecule has 0 aliphatic carbocycles. The molecule has 2 aromatic carbocycles. The van der Waals surface area contributed by atoms with Gasteiger partial charge in [-0.1, -0.05) is 36.4 Å². The van der Waals surface area contributed by atoms with Gasteiger partial charge < -0.3 is 20.0 Å². The minimum atomic E-state index is 0.622. The molecular formula is C25H30N8. The lowest BCUT2D eigenvalue weighted by atomic mass is 10.1. The summed E-state index contributed by atoms with van der Waals surface area (Å²) in [6.45, 7) is 5.56. The number of hydrogen-bond donors (Lipinski definition) is 1. The van der Waals surface area contributed by atoms with Gasteiger partial charge in [-0.15, -0.1) is 0 Å². The number of hydrogen-bond acceptors (Lipinski definition) is 8. The zero-order chi connectivity index (χ0) is 22.8. The zero-order valence-electron chi connectivity index (χ0n) is 19.5. The summed E-state index contributed by atoms with van der Waals surface area (Å²) in [5.41, 5.74) is 2.30. The van der Waals surface area contributed by atoms with E-state index in [2.05, 4.69) is 83.6 Å². The minimum absolute atomic E-state index is 0.622. The molecule has 1 saturated heterocycles. The van der Waals surface area contributed by atoms with Crippen LogP contribution in [0.1, 0.15) is 0 Å². The van der Waals surface area contributed by atoms with E-state index < -0.39 is 0 Å². The van der Waals surface area contributed by atoms with Crippen LogP contribution in [0.25, 0.3) is 33.3 Å². The summed E-state index contributed by atoms with van der Waals surface area (Å²) < 4.78 is 0. The first kappa shape index (κ1) is 21.5. The van der Waals surface area contributed by atoms with Crippen LogP contribution < -0.4 is 10.2 Å². The van der Waals surface area contributed by atoms with E-state index >= 15 is 0 Å². The highest BCUT2D eigenvalue weighted by Crippen LogP contribution is 2.27. The molecule has 1 aliphatic rings. The van der Waals surface area contributed by atoms with Gasteiger partial charge in [-0.2, -0.15) is 0 Å². The lowest BCUT2D eigenvalue weighted by Gasteiger charge is -2.32. The fraction of sp³-hybridized carbons (Fsp3) is 0.360. The van der Waals surface area contributed by atoms with E-state index in [0.717, 1.165) is 61.9 Å². The zero-order valence-corrected chi connectivity index (χ0v) is 19.5. The SMILES string of the molecule is CN(C)CCNc1nc(-c2ccc3ccccc3c2)nc2nc(N3CCN(C)CC3)cnc12. The molecule has 5 rings (SSSR count). The summed E-state index contributed by atoms with van der Waals surface area (Å²) in [6, 6.07) is 14.7. The first-order valence-corrected chi connectivity index (χ1v) is 11.4. The fourth-order valence-corrected chi connectivity index (χ4v) is 4.07. The third-order valence-corrected chi connectivity index (χ3v) is 6.08. The van der Waals surface area contributed by atoms with Gasteiger partial charge in [0.2, 0.25) is 0 Å². The van der Waals surface area contributed by atoms with Crippen molar-refractivity contribution in [2.24, 2.45) is 0 Å². The fourth-order valence-electron chi connectivity index (χ4n) is 4.07. The Hall–Kier alpha value is -3.36. The smallest absolute Gasteiger partial charge is 0.186 e. The van der Waals surface area contributed by atoms with Gasteiger partial charge >= 0.3 is 0 Å². The number of piperazine rings is 1. The van der Waals surface area contributed by atoms with Crippen LogP contribution in [0.3, 0.4) is 0 Å². The first-order valence-electron chi connectivity index (χ1n) is 11.4. The lowest BCUT2D eigenvalue weighted by molar-refractivity contribution is 0.312. The molecule has 0 atom stereocenters. The van der Waals surface area contributed by atoms with Crippen LogP contribution in [-0.4, -0.2) is 90.1 Å². The van der Waals surface area contributed by atoms with Gasteiger partial charge in [-0.25, -0.2) is 19.9 Å². The van der Waals surface area contributed by atoms with E-state index in [-0.39, 0.29) is 0 Å². The van der Waals surface area contributed by atoms with Gasteiger partial charge in [0.25, 0.3) is 0 Å². The van der Waals surface area contributed by atoms with Crippen LogP contribution in [0.5, 0.6) is 0 Å². The molecule has 0 spiro atoms. The minimum Gasteiger partial charge on any atom is -0.367 e. The predicted octanol–water partition coefficient (Wildman–Crippen LogP) is 2.97. The Bertz CT molecular complexity index is 1260. The second kappa shape index (κ2) is 9.25. The number of anilines is 2. The van der Waals surface area contributed by atoms with Crippen molar-refractivity contribution >= 4 is 33.6 Å². The average Bonchev–Trinajstić information content (AvgIpc) is 2.83. The molecule has 8 heteroatoms. The summed E-state index contributed by atoms with van der Waals surface area (Å²) >= 11 is 0. The molecule has 0 saturated carbocycles. The summed E-state index contributed by atoms with van der Waals surface area (Å²) in [5.74, 6) is 2.26. The van der Waals surface area contributed by atoms with Crippen molar-refractivity contribution in [3.05, 3.63) is 48.7 Å². The van der Waals surface area contributed by atoms with Gasteiger partial charge in [0.15, 0.2) is 22.8 Å². The highest BCUT2D eigenvalue weighted by atomic mass is 15.3. The summed E-state index contributed by atoms with van der Waals surface area (Å²) in [7, 11) is 6.27. The molecule has 8 nitrogen and oxygen atoms in total. The molecule has 4 aromatic rings. The number of rotatable bonds is 6. The van der Waals surface area contributed by atoms with E-state index in [9.17, 15) is 0 Å². The Labute approximate surface area is 194 Å². The van der Waals surface area contributed by atoms with Crippen LogP contribution in [0.2, 0.25) is 0 Å². The number of fused-ring (bicyclic) bond motifs is 2. The Morgan fingerprint density at radius 1 is 0.939 bits per heavy atom. The van der Waals surface area contributed by atoms with E-state index in [1.54, 1.807) is 0 Å². The maximum atomic E-state index is 4.92. The molecule has 1 aliphatic heterocycles.